The van der Waals surface area contributed by atoms with Gasteiger partial charge in [0.1, 0.15) is 0 Å². The maximum Gasteiger partial charge on any atom is 0.313 e. The highest BCUT2D eigenvalue weighted by molar-refractivity contribution is 5.78. The Morgan fingerprint density at radius 3 is 2.67 bits per heavy atom. The first-order valence-corrected chi connectivity index (χ1v) is 7.47. The minimum absolute atomic E-state index is 0.103. The Morgan fingerprint density at radius 2 is 2.10 bits per heavy atom. The number of rotatable bonds is 5. The standard InChI is InChI=1S/C18H25NO2/c1-14(2)10-18(17(20)21-4)13-19(11-15(18)3)12-16-8-6-5-7-9-16/h5-9,15H,1,10-13H2,2-4H3/t15-,18-/m0/s1. The van der Waals surface area contributed by atoms with Crippen molar-refractivity contribution in [2.75, 3.05) is 20.2 Å². The normalized spacial score (nSPS) is 25.8. The molecular weight excluding hydrogens is 262 g/mol. The third kappa shape index (κ3) is 3.35. The number of carbonyl (C=O) groups is 1. The number of carbonyl (C=O) groups excluding carboxylic acids is 1. The third-order valence-electron chi connectivity index (χ3n) is 4.44. The number of esters is 1. The monoisotopic (exact) mass is 287 g/mol. The summed E-state index contributed by atoms with van der Waals surface area (Å²) in [7, 11) is 1.48. The van der Waals surface area contributed by atoms with Gasteiger partial charge in [0.2, 0.25) is 0 Å². The van der Waals surface area contributed by atoms with Crippen LogP contribution in [0, 0.1) is 11.3 Å². The summed E-state index contributed by atoms with van der Waals surface area (Å²) < 4.78 is 5.10. The predicted octanol–water partition coefficient (Wildman–Crippen LogP) is 3.26. The van der Waals surface area contributed by atoms with Crippen molar-refractivity contribution in [3.63, 3.8) is 0 Å². The van der Waals surface area contributed by atoms with Crippen molar-refractivity contribution in [1.82, 2.24) is 4.90 Å². The fraction of sp³-hybridized carbons (Fsp3) is 0.500. The fourth-order valence-electron chi connectivity index (χ4n) is 3.45. The van der Waals surface area contributed by atoms with E-state index in [9.17, 15) is 4.79 Å². The molecule has 114 valence electrons. The zero-order chi connectivity index (χ0) is 15.5. The van der Waals surface area contributed by atoms with Crippen LogP contribution in [-0.2, 0) is 16.1 Å². The number of nitrogens with zero attached hydrogens (tertiary/aromatic N) is 1. The third-order valence-corrected chi connectivity index (χ3v) is 4.44. The van der Waals surface area contributed by atoms with Crippen molar-refractivity contribution in [1.29, 1.82) is 0 Å². The van der Waals surface area contributed by atoms with Gasteiger partial charge >= 0.3 is 5.97 Å². The topological polar surface area (TPSA) is 29.5 Å². The van der Waals surface area contributed by atoms with E-state index in [4.69, 9.17) is 4.74 Å². The Hall–Kier alpha value is -1.61. The number of benzene rings is 1. The molecular formula is C18H25NO2. The first-order chi connectivity index (χ1) is 9.98. The second-order valence-corrected chi connectivity index (χ2v) is 6.34. The maximum atomic E-state index is 12.4. The fourth-order valence-corrected chi connectivity index (χ4v) is 3.45. The van der Waals surface area contributed by atoms with E-state index in [0.29, 0.717) is 6.42 Å². The van der Waals surface area contributed by atoms with Gasteiger partial charge in [-0.15, -0.1) is 6.58 Å². The number of methoxy groups -OCH3 is 1. The summed E-state index contributed by atoms with van der Waals surface area (Å²) >= 11 is 0. The van der Waals surface area contributed by atoms with Gasteiger partial charge in [-0.1, -0.05) is 42.8 Å². The molecule has 0 N–H and O–H groups in total. The maximum absolute atomic E-state index is 12.4. The van der Waals surface area contributed by atoms with E-state index in [1.165, 1.54) is 12.7 Å². The lowest BCUT2D eigenvalue weighted by Crippen LogP contribution is -2.39. The van der Waals surface area contributed by atoms with Crippen LogP contribution in [0.2, 0.25) is 0 Å². The summed E-state index contributed by atoms with van der Waals surface area (Å²) in [5.41, 5.74) is 1.87. The molecule has 3 nitrogen and oxygen atoms in total. The molecule has 1 heterocycles. The molecule has 1 aromatic carbocycles. The van der Waals surface area contributed by atoms with Crippen molar-refractivity contribution >= 4 is 5.97 Å². The molecule has 0 unspecified atom stereocenters. The van der Waals surface area contributed by atoms with Gasteiger partial charge in [0.25, 0.3) is 0 Å². The highest BCUT2D eigenvalue weighted by Crippen LogP contribution is 2.42. The number of hydrogen-bond donors (Lipinski definition) is 0. The minimum atomic E-state index is -0.449. The van der Waals surface area contributed by atoms with Crippen molar-refractivity contribution in [2.45, 2.75) is 26.8 Å². The van der Waals surface area contributed by atoms with Gasteiger partial charge in [-0.3, -0.25) is 9.69 Å². The first kappa shape index (κ1) is 15.8. The second-order valence-electron chi connectivity index (χ2n) is 6.34. The Labute approximate surface area is 127 Å². The number of ether oxygens (including phenoxy) is 1. The average Bonchev–Trinajstić information content (AvgIpc) is 2.75. The van der Waals surface area contributed by atoms with Gasteiger partial charge in [0.05, 0.1) is 12.5 Å². The summed E-state index contributed by atoms with van der Waals surface area (Å²) in [6.45, 7) is 10.7. The van der Waals surface area contributed by atoms with Crippen LogP contribution in [0.3, 0.4) is 0 Å². The van der Waals surface area contributed by atoms with Gasteiger partial charge in [0, 0.05) is 19.6 Å². The van der Waals surface area contributed by atoms with Crippen LogP contribution < -0.4 is 0 Å². The quantitative estimate of drug-likeness (QED) is 0.615. The molecule has 0 bridgehead atoms. The Bertz CT molecular complexity index is 511. The number of allylic oxidation sites excluding steroid dienone is 1. The van der Waals surface area contributed by atoms with Gasteiger partial charge < -0.3 is 4.74 Å². The van der Waals surface area contributed by atoms with Gasteiger partial charge in [-0.2, -0.15) is 0 Å². The molecule has 3 heteroatoms. The van der Waals surface area contributed by atoms with Crippen LogP contribution >= 0.6 is 0 Å². The van der Waals surface area contributed by atoms with Crippen LogP contribution in [0.25, 0.3) is 0 Å². The number of likely N-dealkylation sites (tertiary alicyclic amines) is 1. The van der Waals surface area contributed by atoms with E-state index < -0.39 is 5.41 Å². The van der Waals surface area contributed by atoms with Crippen molar-refractivity contribution < 1.29 is 9.53 Å². The summed E-state index contributed by atoms with van der Waals surface area (Å²) in [5, 5.41) is 0. The Balaban J connectivity index is 2.16. The second kappa shape index (κ2) is 6.44. The molecule has 1 aliphatic heterocycles. The largest absolute Gasteiger partial charge is 0.469 e. The SMILES string of the molecule is C=C(C)C[C@]1(C(=O)OC)CN(Cc2ccccc2)C[C@@H]1C. The van der Waals surface area contributed by atoms with E-state index in [2.05, 4.69) is 42.7 Å². The Kier molecular flexibility index (Phi) is 4.84. The molecule has 1 saturated heterocycles. The lowest BCUT2D eigenvalue weighted by molar-refractivity contribution is -0.154. The van der Waals surface area contributed by atoms with E-state index in [1.807, 2.05) is 13.0 Å². The zero-order valence-corrected chi connectivity index (χ0v) is 13.3. The predicted molar refractivity (Wildman–Crippen MR) is 84.8 cm³/mol. The highest BCUT2D eigenvalue weighted by atomic mass is 16.5. The number of hydrogen-bond acceptors (Lipinski definition) is 3. The molecule has 1 aromatic rings. The summed E-state index contributed by atoms with van der Waals surface area (Å²) in [6, 6.07) is 10.4. The smallest absolute Gasteiger partial charge is 0.313 e. The van der Waals surface area contributed by atoms with Gasteiger partial charge in [-0.05, 0) is 24.8 Å². The molecule has 2 atom stereocenters. The molecule has 1 aliphatic rings. The molecule has 0 saturated carbocycles. The van der Waals surface area contributed by atoms with E-state index in [0.717, 1.165) is 25.2 Å². The molecule has 0 radical (unpaired) electrons. The van der Waals surface area contributed by atoms with E-state index in [1.54, 1.807) is 0 Å². The van der Waals surface area contributed by atoms with Crippen LogP contribution in [0.4, 0.5) is 0 Å². The van der Waals surface area contributed by atoms with Crippen LogP contribution in [0.1, 0.15) is 25.8 Å². The van der Waals surface area contributed by atoms with Crippen LogP contribution in [-0.4, -0.2) is 31.1 Å². The summed E-state index contributed by atoms with van der Waals surface area (Å²) in [4.78, 5) is 14.7. The van der Waals surface area contributed by atoms with Crippen LogP contribution in [0.15, 0.2) is 42.5 Å². The van der Waals surface area contributed by atoms with E-state index >= 15 is 0 Å². The summed E-state index contributed by atoms with van der Waals surface area (Å²) in [5.74, 6) is 0.166. The van der Waals surface area contributed by atoms with Crippen LogP contribution in [0.5, 0.6) is 0 Å². The molecule has 1 fully saturated rings. The van der Waals surface area contributed by atoms with E-state index in [-0.39, 0.29) is 11.9 Å². The lowest BCUT2D eigenvalue weighted by Gasteiger charge is -2.30. The molecule has 0 spiro atoms. The van der Waals surface area contributed by atoms with Gasteiger partial charge in [-0.25, -0.2) is 0 Å². The van der Waals surface area contributed by atoms with Gasteiger partial charge in [0.15, 0.2) is 0 Å². The molecule has 21 heavy (non-hydrogen) atoms. The molecule has 2 rings (SSSR count). The Morgan fingerprint density at radius 1 is 1.43 bits per heavy atom. The highest BCUT2D eigenvalue weighted by Gasteiger charge is 2.50. The zero-order valence-electron chi connectivity index (χ0n) is 13.3. The lowest BCUT2D eigenvalue weighted by atomic mass is 9.74. The summed E-state index contributed by atoms with van der Waals surface area (Å²) in [6.07, 6.45) is 0.701. The first-order valence-electron chi connectivity index (χ1n) is 7.47. The molecule has 0 aliphatic carbocycles. The van der Waals surface area contributed by atoms with Crippen molar-refractivity contribution in [3.8, 4) is 0 Å². The molecule has 0 aromatic heterocycles. The van der Waals surface area contributed by atoms with Crippen molar-refractivity contribution in [2.24, 2.45) is 11.3 Å². The molecule has 0 amide bonds. The average molecular weight is 287 g/mol. The van der Waals surface area contributed by atoms with Crippen molar-refractivity contribution in [3.05, 3.63) is 48.0 Å². The minimum Gasteiger partial charge on any atom is -0.469 e.